The molecular formula is C19H27N3O3. The number of carbonyl (C=O) groups excluding carboxylic acids is 2. The molecule has 6 nitrogen and oxygen atoms in total. The van der Waals surface area contributed by atoms with E-state index in [1.54, 1.807) is 19.2 Å². The lowest BCUT2D eigenvalue weighted by Gasteiger charge is -2.23. The van der Waals surface area contributed by atoms with Gasteiger partial charge in [-0.25, -0.2) is 0 Å². The summed E-state index contributed by atoms with van der Waals surface area (Å²) in [5.41, 5.74) is 2.31. The molecule has 1 aromatic rings. The molecule has 2 fully saturated rings. The van der Waals surface area contributed by atoms with Gasteiger partial charge in [0.25, 0.3) is 5.91 Å². The zero-order chi connectivity index (χ0) is 17.9. The van der Waals surface area contributed by atoms with Crippen LogP contribution in [-0.4, -0.2) is 45.2 Å². The Morgan fingerprint density at radius 2 is 2.08 bits per heavy atom. The standard InChI is InChI=1S/C19H27N3O3/c1-13-14(17(23)21-10-11-25-2)4-3-5-16(13)22-18(24)15-12-19(15)6-8-20-9-7-19/h3-5,15,20H,6-12H2,1-2H3,(H,21,23)(H,22,24). The van der Waals surface area contributed by atoms with Gasteiger partial charge >= 0.3 is 0 Å². The monoisotopic (exact) mass is 345 g/mol. The Kier molecular flexibility index (Phi) is 5.39. The summed E-state index contributed by atoms with van der Waals surface area (Å²) in [5.74, 6) is 0.0435. The Morgan fingerprint density at radius 1 is 1.32 bits per heavy atom. The Balaban J connectivity index is 1.64. The van der Waals surface area contributed by atoms with E-state index >= 15 is 0 Å². The predicted molar refractivity (Wildman–Crippen MR) is 96.7 cm³/mol. The molecule has 3 N–H and O–H groups in total. The smallest absolute Gasteiger partial charge is 0.251 e. The van der Waals surface area contributed by atoms with E-state index in [9.17, 15) is 9.59 Å². The zero-order valence-corrected chi connectivity index (χ0v) is 15.0. The number of hydrogen-bond donors (Lipinski definition) is 3. The number of anilines is 1. The van der Waals surface area contributed by atoms with Crippen molar-refractivity contribution in [1.82, 2.24) is 10.6 Å². The van der Waals surface area contributed by atoms with Crippen molar-refractivity contribution >= 4 is 17.5 Å². The molecule has 1 aliphatic carbocycles. The van der Waals surface area contributed by atoms with Crippen LogP contribution in [0.4, 0.5) is 5.69 Å². The van der Waals surface area contributed by atoms with E-state index in [0.29, 0.717) is 18.7 Å². The lowest BCUT2D eigenvalue weighted by atomic mass is 9.91. The van der Waals surface area contributed by atoms with Gasteiger partial charge in [-0.15, -0.1) is 0 Å². The van der Waals surface area contributed by atoms with Crippen LogP contribution in [0.2, 0.25) is 0 Å². The summed E-state index contributed by atoms with van der Waals surface area (Å²) >= 11 is 0. The van der Waals surface area contributed by atoms with Crippen LogP contribution in [0, 0.1) is 18.3 Å². The molecule has 1 saturated heterocycles. The highest BCUT2D eigenvalue weighted by Gasteiger charge is 2.57. The van der Waals surface area contributed by atoms with E-state index in [1.807, 2.05) is 13.0 Å². The summed E-state index contributed by atoms with van der Waals surface area (Å²) < 4.78 is 4.95. The highest BCUT2D eigenvalue weighted by molar-refractivity contribution is 6.00. The first kappa shape index (κ1) is 17.9. The van der Waals surface area contributed by atoms with E-state index < -0.39 is 0 Å². The van der Waals surface area contributed by atoms with Crippen LogP contribution in [0.3, 0.4) is 0 Å². The van der Waals surface area contributed by atoms with Crippen LogP contribution < -0.4 is 16.0 Å². The maximum Gasteiger partial charge on any atom is 0.251 e. The molecule has 1 atom stereocenters. The van der Waals surface area contributed by atoms with E-state index in [0.717, 1.165) is 43.6 Å². The van der Waals surface area contributed by atoms with Crippen LogP contribution in [0.1, 0.15) is 35.2 Å². The number of methoxy groups -OCH3 is 1. The summed E-state index contributed by atoms with van der Waals surface area (Å²) in [6, 6.07) is 5.44. The van der Waals surface area contributed by atoms with Crippen LogP contribution >= 0.6 is 0 Å². The number of amides is 2. The van der Waals surface area contributed by atoms with E-state index in [4.69, 9.17) is 4.74 Å². The summed E-state index contributed by atoms with van der Waals surface area (Å²) in [6.07, 6.45) is 3.13. The molecule has 1 unspecified atom stereocenters. The number of rotatable bonds is 6. The van der Waals surface area contributed by atoms with Gasteiger partial charge < -0.3 is 20.7 Å². The number of piperidine rings is 1. The van der Waals surface area contributed by atoms with Gasteiger partial charge in [-0.3, -0.25) is 9.59 Å². The molecule has 1 spiro atoms. The third-order valence-corrected chi connectivity index (χ3v) is 5.53. The molecular weight excluding hydrogens is 318 g/mol. The molecule has 1 heterocycles. The second-order valence-electron chi connectivity index (χ2n) is 7.09. The van der Waals surface area contributed by atoms with Crippen LogP contribution in [0.5, 0.6) is 0 Å². The van der Waals surface area contributed by atoms with Gasteiger partial charge in [0, 0.05) is 30.8 Å². The molecule has 0 radical (unpaired) electrons. The lowest BCUT2D eigenvalue weighted by molar-refractivity contribution is -0.118. The molecule has 1 aliphatic heterocycles. The SMILES string of the molecule is COCCNC(=O)c1cccc(NC(=O)C2CC23CCNCC3)c1C. The van der Waals surface area contributed by atoms with Crippen LogP contribution in [0.25, 0.3) is 0 Å². The number of benzene rings is 1. The maximum atomic E-state index is 12.6. The van der Waals surface area contributed by atoms with Crippen molar-refractivity contribution in [3.8, 4) is 0 Å². The molecule has 3 rings (SSSR count). The van der Waals surface area contributed by atoms with Gasteiger partial charge in [0.2, 0.25) is 5.91 Å². The third-order valence-electron chi connectivity index (χ3n) is 5.53. The van der Waals surface area contributed by atoms with Gasteiger partial charge in [-0.2, -0.15) is 0 Å². The molecule has 1 saturated carbocycles. The van der Waals surface area contributed by atoms with Crippen molar-refractivity contribution < 1.29 is 14.3 Å². The van der Waals surface area contributed by atoms with E-state index in [2.05, 4.69) is 16.0 Å². The fourth-order valence-corrected chi connectivity index (χ4v) is 3.79. The van der Waals surface area contributed by atoms with Gasteiger partial charge in [-0.05, 0) is 62.4 Å². The second-order valence-corrected chi connectivity index (χ2v) is 7.09. The number of carbonyl (C=O) groups is 2. The van der Waals surface area contributed by atoms with Gasteiger partial charge in [0.15, 0.2) is 0 Å². The minimum absolute atomic E-state index is 0.0851. The molecule has 2 amide bonds. The van der Waals surface area contributed by atoms with Crippen molar-refractivity contribution in [3.05, 3.63) is 29.3 Å². The lowest BCUT2D eigenvalue weighted by Crippen LogP contribution is -2.32. The Labute approximate surface area is 148 Å². The van der Waals surface area contributed by atoms with Crippen LogP contribution in [0.15, 0.2) is 18.2 Å². The number of nitrogens with one attached hydrogen (secondary N) is 3. The largest absolute Gasteiger partial charge is 0.383 e. The van der Waals surface area contributed by atoms with Crippen molar-refractivity contribution in [1.29, 1.82) is 0 Å². The second kappa shape index (κ2) is 7.54. The first-order valence-electron chi connectivity index (χ1n) is 8.96. The summed E-state index contributed by atoms with van der Waals surface area (Å²) in [5, 5.41) is 9.22. The Morgan fingerprint density at radius 3 is 2.80 bits per heavy atom. The minimum atomic E-state index is -0.146. The Bertz CT molecular complexity index is 653. The quantitative estimate of drug-likeness (QED) is 0.686. The first-order chi connectivity index (χ1) is 12.1. The van der Waals surface area contributed by atoms with Gasteiger partial charge in [-0.1, -0.05) is 6.07 Å². The molecule has 6 heteroatoms. The summed E-state index contributed by atoms with van der Waals surface area (Å²) in [7, 11) is 1.60. The van der Waals surface area contributed by atoms with Crippen LogP contribution in [-0.2, 0) is 9.53 Å². The summed E-state index contributed by atoms with van der Waals surface area (Å²) in [6.45, 7) is 4.80. The van der Waals surface area contributed by atoms with Crippen molar-refractivity contribution in [3.63, 3.8) is 0 Å². The third kappa shape index (κ3) is 3.85. The Hall–Kier alpha value is -1.92. The maximum absolute atomic E-state index is 12.6. The number of hydrogen-bond acceptors (Lipinski definition) is 4. The zero-order valence-electron chi connectivity index (χ0n) is 15.0. The average Bonchev–Trinajstić information content (AvgIpc) is 3.30. The minimum Gasteiger partial charge on any atom is -0.383 e. The fourth-order valence-electron chi connectivity index (χ4n) is 3.79. The first-order valence-corrected chi connectivity index (χ1v) is 8.96. The molecule has 25 heavy (non-hydrogen) atoms. The molecule has 2 aliphatic rings. The predicted octanol–water partition coefficient (Wildman–Crippen LogP) is 1.70. The highest BCUT2D eigenvalue weighted by Crippen LogP contribution is 2.58. The van der Waals surface area contributed by atoms with Crippen molar-refractivity contribution in [2.75, 3.05) is 38.7 Å². The fraction of sp³-hybridized carbons (Fsp3) is 0.579. The highest BCUT2D eigenvalue weighted by atomic mass is 16.5. The topological polar surface area (TPSA) is 79.5 Å². The van der Waals surface area contributed by atoms with Crippen molar-refractivity contribution in [2.24, 2.45) is 11.3 Å². The van der Waals surface area contributed by atoms with E-state index in [1.165, 1.54) is 0 Å². The number of ether oxygens (including phenoxy) is 1. The van der Waals surface area contributed by atoms with Crippen molar-refractivity contribution in [2.45, 2.75) is 26.2 Å². The molecule has 1 aromatic carbocycles. The molecule has 0 bridgehead atoms. The van der Waals surface area contributed by atoms with E-state index in [-0.39, 0.29) is 23.1 Å². The van der Waals surface area contributed by atoms with Gasteiger partial charge in [0.1, 0.15) is 0 Å². The summed E-state index contributed by atoms with van der Waals surface area (Å²) in [4.78, 5) is 24.9. The average molecular weight is 345 g/mol. The van der Waals surface area contributed by atoms with Gasteiger partial charge in [0.05, 0.1) is 6.61 Å². The molecule has 0 aromatic heterocycles. The molecule has 136 valence electrons. The normalized spacial score (nSPS) is 21.0.